The molecule has 0 bridgehead atoms. The summed E-state index contributed by atoms with van der Waals surface area (Å²) in [6, 6.07) is 5.25. The maximum atomic E-state index is 11.9. The van der Waals surface area contributed by atoms with E-state index in [1.165, 1.54) is 0 Å². The lowest BCUT2D eigenvalue weighted by Crippen LogP contribution is -2.19. The van der Waals surface area contributed by atoms with Gasteiger partial charge < -0.3 is 14.7 Å². The van der Waals surface area contributed by atoms with Gasteiger partial charge in [0.15, 0.2) is 0 Å². The quantitative estimate of drug-likeness (QED) is 0.379. The van der Waals surface area contributed by atoms with Crippen molar-refractivity contribution in [2.45, 2.75) is 20.0 Å². The van der Waals surface area contributed by atoms with Crippen LogP contribution in [0.15, 0.2) is 23.4 Å². The smallest absolute Gasteiger partial charge is 0.411 e. The second-order valence-electron chi connectivity index (χ2n) is 4.20. The van der Waals surface area contributed by atoms with Crippen LogP contribution in [0, 0.1) is 6.92 Å². The molecule has 0 heterocycles. The first kappa shape index (κ1) is 16.3. The maximum Gasteiger partial charge on any atom is 0.411 e. The van der Waals surface area contributed by atoms with Crippen molar-refractivity contribution in [1.82, 2.24) is 0 Å². The van der Waals surface area contributed by atoms with E-state index in [2.05, 4.69) is 9.89 Å². The van der Waals surface area contributed by atoms with Crippen molar-refractivity contribution in [3.05, 3.63) is 29.3 Å². The molecule has 0 fully saturated rings. The van der Waals surface area contributed by atoms with Crippen LogP contribution >= 0.6 is 0 Å². The largest absolute Gasteiger partial charge is 0.490 e. The molecule has 0 aliphatic rings. The van der Waals surface area contributed by atoms with Gasteiger partial charge in [0.2, 0.25) is 0 Å². The number of oxime groups is 1. The van der Waals surface area contributed by atoms with Crippen molar-refractivity contribution in [3.8, 4) is 5.75 Å². The van der Waals surface area contributed by atoms with E-state index in [0.717, 1.165) is 5.56 Å². The first-order valence-electron chi connectivity index (χ1n) is 5.90. The van der Waals surface area contributed by atoms with Crippen LogP contribution in [0.5, 0.6) is 5.75 Å². The highest BCUT2D eigenvalue weighted by Crippen LogP contribution is 2.21. The number of aryl methyl sites for hydroxylation is 1. The van der Waals surface area contributed by atoms with Crippen LogP contribution in [0.3, 0.4) is 0 Å². The van der Waals surface area contributed by atoms with Crippen LogP contribution in [0.2, 0.25) is 0 Å². The molecule has 0 radical (unpaired) electrons. The van der Waals surface area contributed by atoms with Gasteiger partial charge in [0.05, 0.1) is 12.3 Å². The summed E-state index contributed by atoms with van der Waals surface area (Å²) in [6.45, 7) is 1.95. The van der Waals surface area contributed by atoms with Crippen molar-refractivity contribution in [2.75, 3.05) is 19.8 Å². The van der Waals surface area contributed by atoms with Gasteiger partial charge >= 0.3 is 6.18 Å². The van der Waals surface area contributed by atoms with Crippen LogP contribution in [-0.2, 0) is 4.74 Å². The van der Waals surface area contributed by atoms with E-state index in [0.29, 0.717) is 17.0 Å². The topological polar surface area (TPSA) is 51.1 Å². The summed E-state index contributed by atoms with van der Waals surface area (Å²) in [5, 5.41) is 11.8. The van der Waals surface area contributed by atoms with Gasteiger partial charge in [-0.25, -0.2) is 0 Å². The lowest BCUT2D eigenvalue weighted by atomic mass is 10.1. The summed E-state index contributed by atoms with van der Waals surface area (Å²) in [4.78, 5) is 0. The van der Waals surface area contributed by atoms with Crippen molar-refractivity contribution >= 4 is 5.71 Å². The number of hydrogen-bond donors (Lipinski definition) is 1. The minimum atomic E-state index is -4.34. The molecule has 112 valence electrons. The molecule has 1 aromatic rings. The Morgan fingerprint density at radius 1 is 1.30 bits per heavy atom. The molecule has 0 unspecified atom stereocenters. The van der Waals surface area contributed by atoms with Crippen molar-refractivity contribution in [2.24, 2.45) is 5.16 Å². The lowest BCUT2D eigenvalue weighted by molar-refractivity contribution is -0.175. The Morgan fingerprint density at radius 2 is 2.00 bits per heavy atom. The van der Waals surface area contributed by atoms with Crippen LogP contribution < -0.4 is 4.74 Å². The van der Waals surface area contributed by atoms with Gasteiger partial charge in [0.25, 0.3) is 0 Å². The molecule has 1 rings (SSSR count). The first-order valence-corrected chi connectivity index (χ1v) is 5.90. The summed E-state index contributed by atoms with van der Waals surface area (Å²) >= 11 is 0. The van der Waals surface area contributed by atoms with Crippen LogP contribution in [0.25, 0.3) is 0 Å². The number of halogens is 3. The van der Waals surface area contributed by atoms with Gasteiger partial charge in [-0.1, -0.05) is 11.2 Å². The minimum Gasteiger partial charge on any atom is -0.490 e. The molecular weight excluding hydrogens is 275 g/mol. The molecule has 4 nitrogen and oxygen atoms in total. The molecule has 0 aliphatic heterocycles. The van der Waals surface area contributed by atoms with Crippen LogP contribution in [0.1, 0.15) is 18.1 Å². The normalized spacial score (nSPS) is 12.6. The van der Waals surface area contributed by atoms with Gasteiger partial charge in [-0.2, -0.15) is 13.2 Å². The predicted octanol–water partition coefficient (Wildman–Crippen LogP) is 3.15. The first-order chi connectivity index (χ1) is 9.33. The zero-order valence-corrected chi connectivity index (χ0v) is 11.2. The van der Waals surface area contributed by atoms with Crippen molar-refractivity contribution in [1.29, 1.82) is 0 Å². The molecule has 1 aromatic carbocycles. The van der Waals surface area contributed by atoms with E-state index < -0.39 is 12.8 Å². The minimum absolute atomic E-state index is 0.0226. The van der Waals surface area contributed by atoms with Crippen molar-refractivity contribution < 1.29 is 27.9 Å². The fourth-order valence-electron chi connectivity index (χ4n) is 1.50. The molecule has 0 aromatic heterocycles. The average molecular weight is 291 g/mol. The van der Waals surface area contributed by atoms with Gasteiger partial charge in [-0.15, -0.1) is 0 Å². The Labute approximate surface area is 114 Å². The van der Waals surface area contributed by atoms with E-state index in [4.69, 9.17) is 9.94 Å². The van der Waals surface area contributed by atoms with E-state index in [-0.39, 0.29) is 13.2 Å². The molecule has 1 N–H and O–H groups in total. The molecule has 0 amide bonds. The van der Waals surface area contributed by atoms with Gasteiger partial charge in [-0.05, 0) is 31.5 Å². The van der Waals surface area contributed by atoms with Gasteiger partial charge in [0, 0.05) is 5.56 Å². The summed E-state index contributed by atoms with van der Waals surface area (Å²) in [6.07, 6.45) is -4.34. The lowest BCUT2D eigenvalue weighted by Gasteiger charge is -2.12. The highest BCUT2D eigenvalue weighted by Gasteiger charge is 2.27. The fraction of sp³-hybridized carbons (Fsp3) is 0.462. The number of alkyl halides is 3. The molecule has 0 spiro atoms. The third-order valence-electron chi connectivity index (χ3n) is 2.43. The molecule has 7 heteroatoms. The maximum absolute atomic E-state index is 11.9. The summed E-state index contributed by atoms with van der Waals surface area (Å²) < 4.78 is 45.4. The number of ether oxygens (including phenoxy) is 2. The Kier molecular flexibility index (Phi) is 5.82. The Bertz CT molecular complexity index is 472. The van der Waals surface area contributed by atoms with Gasteiger partial charge in [0.1, 0.15) is 19.0 Å². The second kappa shape index (κ2) is 7.14. The summed E-state index contributed by atoms with van der Waals surface area (Å²) in [7, 11) is 0. The number of nitrogens with zero attached hydrogens (tertiary/aromatic N) is 1. The zero-order valence-electron chi connectivity index (χ0n) is 11.2. The summed E-state index contributed by atoms with van der Waals surface area (Å²) in [5.74, 6) is 0.441. The van der Waals surface area contributed by atoms with E-state index >= 15 is 0 Å². The monoisotopic (exact) mass is 291 g/mol. The van der Waals surface area contributed by atoms with E-state index in [9.17, 15) is 13.2 Å². The standard InChI is InChI=1S/C13H16F3NO3/c1-9-3-4-11(10(2)17-18)12(7-9)20-6-5-19-8-13(14,15)16/h3-4,7,18H,5-6,8H2,1-2H3. The molecule has 0 saturated heterocycles. The number of hydrogen-bond acceptors (Lipinski definition) is 4. The molecule has 20 heavy (non-hydrogen) atoms. The van der Waals surface area contributed by atoms with E-state index in [1.807, 2.05) is 13.0 Å². The second-order valence-corrected chi connectivity index (χ2v) is 4.20. The molecular formula is C13H16F3NO3. The molecule has 0 atom stereocenters. The van der Waals surface area contributed by atoms with Gasteiger partial charge in [-0.3, -0.25) is 0 Å². The highest BCUT2D eigenvalue weighted by molar-refractivity contribution is 6.00. The van der Waals surface area contributed by atoms with Crippen molar-refractivity contribution in [3.63, 3.8) is 0 Å². The molecule has 0 aliphatic carbocycles. The van der Waals surface area contributed by atoms with Crippen LogP contribution in [0.4, 0.5) is 13.2 Å². The molecule has 0 saturated carbocycles. The Hall–Kier alpha value is -1.76. The summed E-state index contributed by atoms with van der Waals surface area (Å²) in [5.41, 5.74) is 1.86. The predicted molar refractivity (Wildman–Crippen MR) is 67.5 cm³/mol. The third-order valence-corrected chi connectivity index (χ3v) is 2.43. The van der Waals surface area contributed by atoms with Crippen LogP contribution in [-0.4, -0.2) is 36.9 Å². The fourth-order valence-corrected chi connectivity index (χ4v) is 1.50. The zero-order chi connectivity index (χ0) is 15.2. The average Bonchev–Trinajstić information content (AvgIpc) is 2.36. The SMILES string of the molecule is CC(=NO)c1ccc(C)cc1OCCOCC(F)(F)F. The Balaban J connectivity index is 2.57. The highest BCUT2D eigenvalue weighted by atomic mass is 19.4. The van der Waals surface area contributed by atoms with E-state index in [1.54, 1.807) is 19.1 Å². The number of benzene rings is 1. The third kappa shape index (κ3) is 5.48. The Morgan fingerprint density at radius 3 is 2.60 bits per heavy atom. The number of rotatable bonds is 6.